The van der Waals surface area contributed by atoms with Gasteiger partial charge >= 0.3 is 6.09 Å². The fraction of sp³-hybridized carbons (Fsp3) is 0.462. The number of benzene rings is 1. The standard InChI is InChI=1S/C26H34N4O5/c1-7-10-11-16-28-23(32)22(19-14-12-18(8-2)13-15-19)30(9-3)24(33)20(17-21(27)31)29-25(34)35-26(4,5)6/h2-3,12-15,20,22H,7,10-11,16-17H2,1,4-6H3,(H2,27,31)(H,28,32)(H,29,34). The molecule has 4 amide bonds. The van der Waals surface area contributed by atoms with E-state index < -0.39 is 47.9 Å². The van der Waals surface area contributed by atoms with Gasteiger partial charge in [0.25, 0.3) is 5.91 Å². The average molecular weight is 483 g/mol. The first kappa shape index (κ1) is 29.1. The number of rotatable bonds is 11. The van der Waals surface area contributed by atoms with E-state index in [9.17, 15) is 19.2 Å². The molecule has 0 aliphatic carbocycles. The van der Waals surface area contributed by atoms with Gasteiger partial charge in [0.15, 0.2) is 0 Å². The molecular weight excluding hydrogens is 448 g/mol. The summed E-state index contributed by atoms with van der Waals surface area (Å²) in [5, 5.41) is 5.13. The Morgan fingerprint density at radius 1 is 1.11 bits per heavy atom. The molecular formula is C26H34N4O5. The van der Waals surface area contributed by atoms with E-state index in [-0.39, 0.29) is 0 Å². The summed E-state index contributed by atoms with van der Waals surface area (Å²) in [7, 11) is 0. The molecule has 1 aromatic carbocycles. The van der Waals surface area contributed by atoms with Gasteiger partial charge in [0.1, 0.15) is 17.7 Å². The van der Waals surface area contributed by atoms with E-state index in [1.165, 1.54) is 0 Å². The highest BCUT2D eigenvalue weighted by Crippen LogP contribution is 2.23. The van der Waals surface area contributed by atoms with Gasteiger partial charge in [-0.1, -0.05) is 44.2 Å². The number of nitrogens with one attached hydrogen (secondary N) is 2. The van der Waals surface area contributed by atoms with Crippen molar-refractivity contribution in [3.05, 3.63) is 35.4 Å². The molecule has 0 aromatic heterocycles. The van der Waals surface area contributed by atoms with Gasteiger partial charge in [-0.15, -0.1) is 6.42 Å². The lowest BCUT2D eigenvalue weighted by atomic mass is 10.0. The molecule has 0 aliphatic rings. The Bertz CT molecular complexity index is 983. The summed E-state index contributed by atoms with van der Waals surface area (Å²) in [4.78, 5) is 51.4. The van der Waals surface area contributed by atoms with Crippen molar-refractivity contribution in [2.75, 3.05) is 6.54 Å². The van der Waals surface area contributed by atoms with Crippen molar-refractivity contribution in [1.82, 2.24) is 15.5 Å². The largest absolute Gasteiger partial charge is 0.444 e. The molecule has 0 saturated heterocycles. The minimum atomic E-state index is -1.45. The second-order valence-electron chi connectivity index (χ2n) is 8.87. The van der Waals surface area contributed by atoms with Gasteiger partial charge in [0.2, 0.25) is 11.8 Å². The number of carbonyl (C=O) groups excluding carboxylic acids is 4. The second-order valence-corrected chi connectivity index (χ2v) is 8.87. The van der Waals surface area contributed by atoms with Crippen LogP contribution in [0.1, 0.15) is 70.5 Å². The van der Waals surface area contributed by atoms with Gasteiger partial charge in [-0.3, -0.25) is 19.3 Å². The fourth-order valence-corrected chi connectivity index (χ4v) is 3.15. The second kappa shape index (κ2) is 13.7. The molecule has 0 radical (unpaired) electrons. The van der Waals surface area contributed by atoms with Crippen molar-refractivity contribution in [2.45, 2.75) is 71.1 Å². The first-order valence-corrected chi connectivity index (χ1v) is 11.3. The number of nitrogens with zero attached hydrogens (tertiary/aromatic N) is 1. The molecule has 2 unspecified atom stereocenters. The summed E-state index contributed by atoms with van der Waals surface area (Å²) in [6.45, 7) is 7.35. The number of terminal acetylenes is 2. The molecule has 9 heteroatoms. The average Bonchev–Trinajstić information content (AvgIpc) is 2.77. The maximum atomic E-state index is 13.4. The number of amides is 4. The molecule has 35 heavy (non-hydrogen) atoms. The fourth-order valence-electron chi connectivity index (χ4n) is 3.15. The van der Waals surface area contributed by atoms with E-state index in [2.05, 4.69) is 22.6 Å². The number of hydrogen-bond acceptors (Lipinski definition) is 5. The highest BCUT2D eigenvalue weighted by molar-refractivity contribution is 5.95. The Morgan fingerprint density at radius 3 is 2.23 bits per heavy atom. The van der Waals surface area contributed by atoms with E-state index in [0.29, 0.717) is 17.7 Å². The topological polar surface area (TPSA) is 131 Å². The molecule has 1 aromatic rings. The Balaban J connectivity index is 3.33. The highest BCUT2D eigenvalue weighted by Gasteiger charge is 2.36. The lowest BCUT2D eigenvalue weighted by Crippen LogP contribution is -2.52. The molecule has 0 aliphatic heterocycles. The number of unbranched alkanes of at least 4 members (excludes halogenated alkanes) is 2. The van der Waals surface area contributed by atoms with E-state index in [1.807, 2.05) is 6.92 Å². The first-order chi connectivity index (χ1) is 16.4. The van der Waals surface area contributed by atoms with Crippen molar-refractivity contribution >= 4 is 23.8 Å². The predicted molar refractivity (Wildman–Crippen MR) is 132 cm³/mol. The zero-order valence-electron chi connectivity index (χ0n) is 20.7. The number of ether oxygens (including phenoxy) is 1. The number of carbonyl (C=O) groups is 4. The molecule has 4 N–H and O–H groups in total. The van der Waals surface area contributed by atoms with Crippen LogP contribution in [0.5, 0.6) is 0 Å². The third-order valence-corrected chi connectivity index (χ3v) is 4.75. The predicted octanol–water partition coefficient (Wildman–Crippen LogP) is 2.20. The Kier molecular flexibility index (Phi) is 11.3. The molecule has 9 nitrogen and oxygen atoms in total. The summed E-state index contributed by atoms with van der Waals surface area (Å²) in [6.07, 6.45) is 12.2. The lowest BCUT2D eigenvalue weighted by molar-refractivity contribution is -0.139. The van der Waals surface area contributed by atoms with Crippen LogP contribution < -0.4 is 16.4 Å². The van der Waals surface area contributed by atoms with Gasteiger partial charge in [-0.2, -0.15) is 0 Å². The van der Waals surface area contributed by atoms with Gasteiger partial charge < -0.3 is 21.1 Å². The van der Waals surface area contributed by atoms with Gasteiger partial charge in [0, 0.05) is 18.2 Å². The maximum Gasteiger partial charge on any atom is 0.408 e. The number of nitrogens with two attached hydrogens (primary N) is 1. The molecule has 0 heterocycles. The number of hydrogen-bond donors (Lipinski definition) is 3. The molecule has 0 saturated carbocycles. The quantitative estimate of drug-likeness (QED) is 0.253. The van der Waals surface area contributed by atoms with Crippen LogP contribution in [0.2, 0.25) is 0 Å². The van der Waals surface area contributed by atoms with Crippen LogP contribution in [0.15, 0.2) is 24.3 Å². The molecule has 2 atom stereocenters. The van der Waals surface area contributed by atoms with E-state index in [1.54, 1.807) is 45.0 Å². The maximum absolute atomic E-state index is 13.4. The third kappa shape index (κ3) is 9.81. The van der Waals surface area contributed by atoms with Gasteiger partial charge in [-0.25, -0.2) is 4.79 Å². The third-order valence-electron chi connectivity index (χ3n) is 4.75. The van der Waals surface area contributed by atoms with Crippen LogP contribution in [-0.2, 0) is 19.1 Å². The van der Waals surface area contributed by atoms with Crippen molar-refractivity contribution < 1.29 is 23.9 Å². The SMILES string of the molecule is C#Cc1ccc(C(C(=O)NCCCCC)N(C#C)C(=O)C(CC(N)=O)NC(=O)OC(C)(C)C)cc1. The molecule has 1 rings (SSSR count). The van der Waals surface area contributed by atoms with E-state index in [0.717, 1.165) is 24.2 Å². The zero-order chi connectivity index (χ0) is 26.6. The molecule has 188 valence electrons. The Morgan fingerprint density at radius 2 is 1.74 bits per heavy atom. The van der Waals surface area contributed by atoms with Crippen LogP contribution in [0.3, 0.4) is 0 Å². The molecule has 0 spiro atoms. The van der Waals surface area contributed by atoms with Crippen molar-refractivity contribution in [3.8, 4) is 24.8 Å². The first-order valence-electron chi connectivity index (χ1n) is 11.3. The van der Waals surface area contributed by atoms with Crippen molar-refractivity contribution in [3.63, 3.8) is 0 Å². The van der Waals surface area contributed by atoms with Gasteiger partial charge in [-0.05, 0) is 44.9 Å². The summed E-state index contributed by atoms with van der Waals surface area (Å²) in [6, 6.07) is 5.96. The van der Waals surface area contributed by atoms with Crippen LogP contribution >= 0.6 is 0 Å². The lowest BCUT2D eigenvalue weighted by Gasteiger charge is -2.30. The summed E-state index contributed by atoms with van der Waals surface area (Å²) in [5.41, 5.74) is 5.42. The molecule has 0 fully saturated rings. The Labute approximate surface area is 207 Å². The van der Waals surface area contributed by atoms with Crippen LogP contribution in [0.25, 0.3) is 0 Å². The monoisotopic (exact) mass is 482 g/mol. The minimum absolute atomic E-state index is 0.388. The summed E-state index contributed by atoms with van der Waals surface area (Å²) in [5.74, 6) is 0.245. The van der Waals surface area contributed by atoms with E-state index in [4.69, 9.17) is 23.3 Å². The normalized spacial score (nSPS) is 12.3. The smallest absolute Gasteiger partial charge is 0.408 e. The summed E-state index contributed by atoms with van der Waals surface area (Å²) < 4.78 is 5.18. The van der Waals surface area contributed by atoms with Crippen LogP contribution in [0.4, 0.5) is 4.79 Å². The van der Waals surface area contributed by atoms with Gasteiger partial charge in [0.05, 0.1) is 6.42 Å². The highest BCUT2D eigenvalue weighted by atomic mass is 16.6. The summed E-state index contributed by atoms with van der Waals surface area (Å²) >= 11 is 0. The number of primary amides is 1. The van der Waals surface area contributed by atoms with Crippen molar-refractivity contribution in [2.24, 2.45) is 5.73 Å². The van der Waals surface area contributed by atoms with Crippen molar-refractivity contribution in [1.29, 1.82) is 0 Å². The minimum Gasteiger partial charge on any atom is -0.444 e. The number of alkyl carbamates (subject to hydrolysis) is 1. The Hall–Kier alpha value is -3.98. The van der Waals surface area contributed by atoms with E-state index >= 15 is 0 Å². The van der Waals surface area contributed by atoms with Crippen LogP contribution in [0, 0.1) is 24.8 Å². The zero-order valence-corrected chi connectivity index (χ0v) is 20.7. The molecule has 0 bridgehead atoms. The van der Waals surface area contributed by atoms with Crippen LogP contribution in [-0.4, -0.2) is 46.9 Å².